The van der Waals surface area contributed by atoms with Gasteiger partial charge in [0.2, 0.25) is 0 Å². The minimum Gasteiger partial charge on any atom is -0.338 e. The Labute approximate surface area is 172 Å². The third kappa shape index (κ3) is 4.35. The topological polar surface area (TPSA) is 46.1 Å². The summed E-state index contributed by atoms with van der Waals surface area (Å²) < 4.78 is 39.2. The first kappa shape index (κ1) is 20.1. The fraction of sp³-hybridized carbons (Fsp3) is 0.261. The van der Waals surface area contributed by atoms with Gasteiger partial charge in [0, 0.05) is 42.7 Å². The Bertz CT molecular complexity index is 1040. The van der Waals surface area contributed by atoms with Crippen molar-refractivity contribution in [3.05, 3.63) is 83.8 Å². The molecule has 154 valence electrons. The van der Waals surface area contributed by atoms with Crippen molar-refractivity contribution < 1.29 is 18.0 Å². The van der Waals surface area contributed by atoms with Crippen LogP contribution in [0.1, 0.15) is 40.4 Å². The molecular formula is C23H20F3N3O. The predicted molar refractivity (Wildman–Crippen MR) is 107 cm³/mol. The summed E-state index contributed by atoms with van der Waals surface area (Å²) in [6, 6.07) is 14.0. The van der Waals surface area contributed by atoms with Gasteiger partial charge in [-0.3, -0.25) is 14.8 Å². The lowest BCUT2D eigenvalue weighted by Crippen LogP contribution is -2.39. The molecule has 1 aliphatic heterocycles. The molecule has 1 saturated heterocycles. The van der Waals surface area contributed by atoms with Gasteiger partial charge >= 0.3 is 6.18 Å². The van der Waals surface area contributed by atoms with Crippen LogP contribution in [0.25, 0.3) is 11.3 Å². The maximum absolute atomic E-state index is 13.1. The number of likely N-dealkylation sites (tertiary alicyclic amines) is 1. The molecule has 4 nitrogen and oxygen atoms in total. The van der Waals surface area contributed by atoms with E-state index in [1.54, 1.807) is 47.6 Å². The highest BCUT2D eigenvalue weighted by molar-refractivity contribution is 5.94. The summed E-state index contributed by atoms with van der Waals surface area (Å²) in [5.74, 6) is -0.0352. The van der Waals surface area contributed by atoms with Gasteiger partial charge in [-0.25, -0.2) is 0 Å². The average molecular weight is 411 g/mol. The fourth-order valence-corrected chi connectivity index (χ4v) is 3.77. The molecular weight excluding hydrogens is 391 g/mol. The molecule has 1 fully saturated rings. The number of rotatable bonds is 3. The van der Waals surface area contributed by atoms with Crippen molar-refractivity contribution in [3.63, 3.8) is 0 Å². The van der Waals surface area contributed by atoms with E-state index in [1.807, 2.05) is 6.07 Å². The summed E-state index contributed by atoms with van der Waals surface area (Å²) in [4.78, 5) is 23.2. The summed E-state index contributed by atoms with van der Waals surface area (Å²) in [5.41, 5.74) is 1.55. The highest BCUT2D eigenvalue weighted by Gasteiger charge is 2.31. The summed E-state index contributed by atoms with van der Waals surface area (Å²) in [7, 11) is 0. The maximum Gasteiger partial charge on any atom is 0.416 e. The van der Waals surface area contributed by atoms with Gasteiger partial charge in [0.15, 0.2) is 0 Å². The number of pyridine rings is 2. The standard InChI is InChI=1S/C23H20F3N3O/c24-23(25,26)19-8-1-5-16(13-19)20-9-2-10-21(28-20)18-7-4-12-29(15-18)22(30)17-6-3-11-27-14-17/h1-3,5-6,8-11,13-14,18H,4,7,12,15H2/t18-/m1/s1. The van der Waals surface area contributed by atoms with E-state index in [2.05, 4.69) is 9.97 Å². The van der Waals surface area contributed by atoms with Crippen LogP contribution >= 0.6 is 0 Å². The number of alkyl halides is 3. The lowest BCUT2D eigenvalue weighted by atomic mass is 9.93. The second-order valence-electron chi connectivity index (χ2n) is 7.36. The molecule has 7 heteroatoms. The molecule has 0 aliphatic carbocycles. The first-order valence-electron chi connectivity index (χ1n) is 9.76. The summed E-state index contributed by atoms with van der Waals surface area (Å²) in [6.07, 6.45) is 0.490. The predicted octanol–water partition coefficient (Wildman–Crippen LogP) is 5.18. The molecule has 30 heavy (non-hydrogen) atoms. The van der Waals surface area contributed by atoms with E-state index in [4.69, 9.17) is 0 Å². The van der Waals surface area contributed by atoms with Gasteiger partial charge < -0.3 is 4.90 Å². The lowest BCUT2D eigenvalue weighted by Gasteiger charge is -2.32. The second kappa shape index (κ2) is 8.26. The average Bonchev–Trinajstić information content (AvgIpc) is 2.79. The molecule has 0 saturated carbocycles. The van der Waals surface area contributed by atoms with E-state index in [1.165, 1.54) is 6.07 Å². The minimum absolute atomic E-state index is 0.0325. The maximum atomic E-state index is 13.1. The van der Waals surface area contributed by atoms with E-state index in [0.717, 1.165) is 30.7 Å². The number of amides is 1. The Balaban J connectivity index is 1.56. The monoisotopic (exact) mass is 411 g/mol. The van der Waals surface area contributed by atoms with Gasteiger partial charge in [0.05, 0.1) is 16.8 Å². The number of aromatic nitrogens is 2. The van der Waals surface area contributed by atoms with Gasteiger partial charge in [-0.2, -0.15) is 13.2 Å². The largest absolute Gasteiger partial charge is 0.416 e. The molecule has 1 amide bonds. The van der Waals surface area contributed by atoms with Gasteiger partial charge in [0.1, 0.15) is 0 Å². The third-order valence-electron chi connectivity index (χ3n) is 5.29. The van der Waals surface area contributed by atoms with Crippen molar-refractivity contribution in [2.24, 2.45) is 0 Å². The smallest absolute Gasteiger partial charge is 0.338 e. The number of hydrogen-bond acceptors (Lipinski definition) is 3. The number of carbonyl (C=O) groups excluding carboxylic acids is 1. The SMILES string of the molecule is O=C(c1cccnc1)N1CCC[C@@H](c2cccc(-c3cccc(C(F)(F)F)c3)n2)C1. The van der Waals surface area contributed by atoms with Crippen LogP contribution in [0.2, 0.25) is 0 Å². The van der Waals surface area contributed by atoms with Gasteiger partial charge in [0.25, 0.3) is 5.91 Å². The van der Waals surface area contributed by atoms with E-state index in [9.17, 15) is 18.0 Å². The number of hydrogen-bond donors (Lipinski definition) is 0. The van der Waals surface area contributed by atoms with E-state index >= 15 is 0 Å². The van der Waals surface area contributed by atoms with Crippen LogP contribution in [-0.4, -0.2) is 33.9 Å². The first-order chi connectivity index (χ1) is 14.4. The molecule has 0 bridgehead atoms. The van der Waals surface area contributed by atoms with Crippen LogP contribution in [0.3, 0.4) is 0 Å². The Morgan fingerprint density at radius 1 is 1.07 bits per heavy atom. The molecule has 1 atom stereocenters. The first-order valence-corrected chi connectivity index (χ1v) is 9.76. The zero-order chi connectivity index (χ0) is 21.1. The molecule has 3 aromatic rings. The van der Waals surface area contributed by atoms with Crippen molar-refractivity contribution in [3.8, 4) is 11.3 Å². The van der Waals surface area contributed by atoms with Gasteiger partial charge in [-0.05, 0) is 49.2 Å². The van der Waals surface area contributed by atoms with Crippen molar-refractivity contribution in [1.82, 2.24) is 14.9 Å². The molecule has 1 aliphatic rings. The van der Waals surface area contributed by atoms with Crippen molar-refractivity contribution in [1.29, 1.82) is 0 Å². The minimum atomic E-state index is -4.40. The number of piperidine rings is 1. The number of nitrogens with zero attached hydrogens (tertiary/aromatic N) is 3. The second-order valence-corrected chi connectivity index (χ2v) is 7.36. The van der Waals surface area contributed by atoms with E-state index < -0.39 is 11.7 Å². The van der Waals surface area contributed by atoms with Crippen molar-refractivity contribution in [2.75, 3.05) is 13.1 Å². The number of halogens is 3. The van der Waals surface area contributed by atoms with Gasteiger partial charge in [-0.15, -0.1) is 0 Å². The Morgan fingerprint density at radius 2 is 1.90 bits per heavy atom. The lowest BCUT2D eigenvalue weighted by molar-refractivity contribution is -0.137. The number of benzene rings is 1. The van der Waals surface area contributed by atoms with Gasteiger partial charge in [-0.1, -0.05) is 18.2 Å². The molecule has 1 aromatic carbocycles. The van der Waals surface area contributed by atoms with E-state index in [0.29, 0.717) is 29.9 Å². The van der Waals surface area contributed by atoms with Crippen molar-refractivity contribution >= 4 is 5.91 Å². The number of carbonyl (C=O) groups is 1. The quantitative estimate of drug-likeness (QED) is 0.596. The molecule has 0 radical (unpaired) electrons. The van der Waals surface area contributed by atoms with Crippen LogP contribution in [-0.2, 0) is 6.18 Å². The highest BCUT2D eigenvalue weighted by atomic mass is 19.4. The Morgan fingerprint density at radius 3 is 2.67 bits per heavy atom. The molecule has 2 aromatic heterocycles. The molecule has 0 unspecified atom stereocenters. The van der Waals surface area contributed by atoms with Crippen LogP contribution in [0, 0.1) is 0 Å². The zero-order valence-electron chi connectivity index (χ0n) is 16.1. The highest BCUT2D eigenvalue weighted by Crippen LogP contribution is 2.33. The summed E-state index contributed by atoms with van der Waals surface area (Å²) in [5, 5.41) is 0. The summed E-state index contributed by atoms with van der Waals surface area (Å²) in [6.45, 7) is 1.18. The molecule has 0 N–H and O–H groups in total. The van der Waals surface area contributed by atoms with Crippen LogP contribution in [0.4, 0.5) is 13.2 Å². The molecule has 3 heterocycles. The summed E-state index contributed by atoms with van der Waals surface area (Å²) >= 11 is 0. The Hall–Kier alpha value is -3.22. The molecule has 0 spiro atoms. The zero-order valence-corrected chi connectivity index (χ0v) is 16.1. The Kier molecular flexibility index (Phi) is 5.53. The molecule has 4 rings (SSSR count). The van der Waals surface area contributed by atoms with Crippen LogP contribution < -0.4 is 0 Å². The van der Waals surface area contributed by atoms with Crippen LogP contribution in [0.5, 0.6) is 0 Å². The van der Waals surface area contributed by atoms with E-state index in [-0.39, 0.29) is 11.8 Å². The third-order valence-corrected chi connectivity index (χ3v) is 5.29. The van der Waals surface area contributed by atoms with Crippen molar-refractivity contribution in [2.45, 2.75) is 24.9 Å². The van der Waals surface area contributed by atoms with Crippen LogP contribution in [0.15, 0.2) is 67.0 Å². The fourth-order valence-electron chi connectivity index (χ4n) is 3.77. The normalized spacial score (nSPS) is 17.0.